The minimum absolute atomic E-state index is 0.0140. The lowest BCUT2D eigenvalue weighted by Crippen LogP contribution is -2.08. The lowest BCUT2D eigenvalue weighted by molar-refractivity contribution is 0.301. The normalized spacial score (nSPS) is 14.8. The van der Waals surface area contributed by atoms with Crippen molar-refractivity contribution >= 4 is 0 Å². The van der Waals surface area contributed by atoms with Crippen LogP contribution in [-0.2, 0) is 19.4 Å². The van der Waals surface area contributed by atoms with Crippen molar-refractivity contribution in [3.05, 3.63) is 64.2 Å². The number of benzene rings is 2. The molecule has 2 heteroatoms. The molecule has 0 spiro atoms. The molecule has 0 radical (unpaired) electrons. The van der Waals surface area contributed by atoms with Gasteiger partial charge in [-0.1, -0.05) is 35.9 Å². The summed E-state index contributed by atoms with van der Waals surface area (Å²) in [6, 6.07) is 12.9. The second-order valence-electron chi connectivity index (χ2n) is 6.08. The Balaban J connectivity index is 1.76. The fourth-order valence-electron chi connectivity index (χ4n) is 3.03. The van der Waals surface area contributed by atoms with Crippen LogP contribution in [0.2, 0.25) is 0 Å². The Labute approximate surface area is 126 Å². The van der Waals surface area contributed by atoms with Crippen molar-refractivity contribution < 1.29 is 4.74 Å². The van der Waals surface area contributed by atoms with Crippen molar-refractivity contribution in [3.63, 3.8) is 0 Å². The third kappa shape index (κ3) is 3.11. The molecule has 0 fully saturated rings. The molecule has 2 nitrogen and oxygen atoms in total. The fourth-order valence-corrected chi connectivity index (χ4v) is 3.03. The summed E-state index contributed by atoms with van der Waals surface area (Å²) in [5.74, 6) is 0.899. The summed E-state index contributed by atoms with van der Waals surface area (Å²) < 4.78 is 6.02. The highest BCUT2D eigenvalue weighted by molar-refractivity contribution is 5.39. The minimum atomic E-state index is -0.0140. The Morgan fingerprint density at radius 1 is 1.10 bits per heavy atom. The molecule has 1 aliphatic rings. The van der Waals surface area contributed by atoms with Crippen molar-refractivity contribution in [1.82, 2.24) is 0 Å². The molecular formula is C19H23NO. The quantitative estimate of drug-likeness (QED) is 0.916. The van der Waals surface area contributed by atoms with Crippen molar-refractivity contribution in [2.24, 2.45) is 5.73 Å². The van der Waals surface area contributed by atoms with E-state index in [1.807, 2.05) is 13.0 Å². The maximum absolute atomic E-state index is 6.05. The highest BCUT2D eigenvalue weighted by Gasteiger charge is 2.12. The summed E-state index contributed by atoms with van der Waals surface area (Å²) in [6.45, 7) is 4.68. The van der Waals surface area contributed by atoms with E-state index < -0.39 is 0 Å². The van der Waals surface area contributed by atoms with Gasteiger partial charge in [-0.05, 0) is 55.9 Å². The molecule has 2 N–H and O–H groups in total. The average Bonchev–Trinajstić information content (AvgIpc) is 2.93. The fraction of sp³-hybridized carbons (Fsp3) is 0.368. The van der Waals surface area contributed by atoms with Gasteiger partial charge in [0.05, 0.1) is 0 Å². The van der Waals surface area contributed by atoms with E-state index in [-0.39, 0.29) is 6.04 Å². The van der Waals surface area contributed by atoms with Crippen LogP contribution in [0.4, 0.5) is 0 Å². The highest BCUT2D eigenvalue weighted by atomic mass is 16.5. The van der Waals surface area contributed by atoms with E-state index in [4.69, 9.17) is 10.5 Å². The molecule has 0 bridgehead atoms. The first kappa shape index (κ1) is 14.2. The topological polar surface area (TPSA) is 35.2 Å². The van der Waals surface area contributed by atoms with E-state index in [0.29, 0.717) is 6.61 Å². The maximum atomic E-state index is 6.05. The number of hydrogen-bond donors (Lipinski definition) is 1. The van der Waals surface area contributed by atoms with Crippen LogP contribution in [0.25, 0.3) is 0 Å². The molecule has 2 aromatic carbocycles. The van der Waals surface area contributed by atoms with Gasteiger partial charge in [0.2, 0.25) is 0 Å². The zero-order chi connectivity index (χ0) is 14.8. The van der Waals surface area contributed by atoms with E-state index in [2.05, 4.69) is 37.3 Å². The summed E-state index contributed by atoms with van der Waals surface area (Å²) in [5, 5.41) is 0. The van der Waals surface area contributed by atoms with Gasteiger partial charge in [-0.2, -0.15) is 0 Å². The van der Waals surface area contributed by atoms with Gasteiger partial charge in [-0.3, -0.25) is 0 Å². The third-order valence-corrected chi connectivity index (χ3v) is 4.21. The predicted octanol–water partition coefficient (Wildman–Crippen LogP) is 4.08. The van der Waals surface area contributed by atoms with Gasteiger partial charge in [0.1, 0.15) is 12.4 Å². The van der Waals surface area contributed by atoms with Crippen molar-refractivity contribution in [2.75, 3.05) is 0 Å². The van der Waals surface area contributed by atoms with Crippen LogP contribution in [0.15, 0.2) is 36.4 Å². The number of fused-ring (bicyclic) bond motifs is 1. The van der Waals surface area contributed by atoms with E-state index >= 15 is 0 Å². The van der Waals surface area contributed by atoms with E-state index in [9.17, 15) is 0 Å². The molecular weight excluding hydrogens is 258 g/mol. The van der Waals surface area contributed by atoms with Crippen LogP contribution >= 0.6 is 0 Å². The molecule has 21 heavy (non-hydrogen) atoms. The van der Waals surface area contributed by atoms with Crippen molar-refractivity contribution in [2.45, 2.75) is 45.8 Å². The largest absolute Gasteiger partial charge is 0.489 e. The first-order valence-corrected chi connectivity index (χ1v) is 7.73. The Hall–Kier alpha value is -1.80. The number of hydrogen-bond acceptors (Lipinski definition) is 2. The van der Waals surface area contributed by atoms with Crippen molar-refractivity contribution in [1.29, 1.82) is 0 Å². The zero-order valence-electron chi connectivity index (χ0n) is 12.9. The first-order chi connectivity index (χ1) is 10.1. The molecule has 0 heterocycles. The summed E-state index contributed by atoms with van der Waals surface area (Å²) in [7, 11) is 0. The lowest BCUT2D eigenvalue weighted by atomic mass is 10.0. The molecule has 0 amide bonds. The van der Waals surface area contributed by atoms with Gasteiger partial charge in [-0.15, -0.1) is 0 Å². The van der Waals surface area contributed by atoms with Gasteiger partial charge in [0, 0.05) is 11.6 Å². The Morgan fingerprint density at radius 3 is 2.71 bits per heavy atom. The molecule has 0 saturated carbocycles. The first-order valence-electron chi connectivity index (χ1n) is 7.73. The van der Waals surface area contributed by atoms with Crippen LogP contribution < -0.4 is 10.5 Å². The smallest absolute Gasteiger partial charge is 0.124 e. The van der Waals surface area contributed by atoms with Gasteiger partial charge >= 0.3 is 0 Å². The third-order valence-electron chi connectivity index (χ3n) is 4.21. The molecule has 0 aliphatic heterocycles. The minimum Gasteiger partial charge on any atom is -0.489 e. The van der Waals surface area contributed by atoms with Crippen LogP contribution in [0, 0.1) is 6.92 Å². The van der Waals surface area contributed by atoms with Gasteiger partial charge in [0.25, 0.3) is 0 Å². The standard InChI is InChI=1S/C19H23NO/c1-13-6-9-19(18(10-13)14(2)20)21-12-15-7-8-16-4-3-5-17(16)11-15/h6-11,14H,3-5,12,20H2,1-2H3/t14-/m1/s1. The van der Waals surface area contributed by atoms with Gasteiger partial charge < -0.3 is 10.5 Å². The van der Waals surface area contributed by atoms with Gasteiger partial charge in [-0.25, -0.2) is 0 Å². The molecule has 3 rings (SSSR count). The van der Waals surface area contributed by atoms with Gasteiger partial charge in [0.15, 0.2) is 0 Å². The molecule has 1 atom stereocenters. The number of aryl methyl sites for hydroxylation is 3. The molecule has 110 valence electrons. The van der Waals surface area contributed by atoms with Crippen LogP contribution in [0.5, 0.6) is 5.75 Å². The van der Waals surface area contributed by atoms with E-state index in [1.165, 1.54) is 41.5 Å². The molecule has 1 aliphatic carbocycles. The van der Waals surface area contributed by atoms with Crippen molar-refractivity contribution in [3.8, 4) is 5.75 Å². The second kappa shape index (κ2) is 5.90. The highest BCUT2D eigenvalue weighted by Crippen LogP contribution is 2.27. The molecule has 0 aromatic heterocycles. The summed E-state index contributed by atoms with van der Waals surface area (Å²) in [4.78, 5) is 0. The summed E-state index contributed by atoms with van der Waals surface area (Å²) in [5.41, 5.74) is 12.6. The average molecular weight is 281 g/mol. The summed E-state index contributed by atoms with van der Waals surface area (Å²) >= 11 is 0. The monoisotopic (exact) mass is 281 g/mol. The molecule has 0 saturated heterocycles. The Kier molecular flexibility index (Phi) is 3.98. The number of nitrogens with two attached hydrogens (primary N) is 1. The lowest BCUT2D eigenvalue weighted by Gasteiger charge is -2.15. The molecule has 2 aromatic rings. The Morgan fingerprint density at radius 2 is 1.90 bits per heavy atom. The SMILES string of the molecule is Cc1ccc(OCc2ccc3c(c2)CCC3)c([C@@H](C)N)c1. The number of rotatable bonds is 4. The van der Waals surface area contributed by atoms with Crippen LogP contribution in [0.1, 0.15) is 47.2 Å². The second-order valence-corrected chi connectivity index (χ2v) is 6.08. The maximum Gasteiger partial charge on any atom is 0.124 e. The van der Waals surface area contributed by atoms with Crippen LogP contribution in [0.3, 0.4) is 0 Å². The van der Waals surface area contributed by atoms with Crippen LogP contribution in [-0.4, -0.2) is 0 Å². The van der Waals surface area contributed by atoms with E-state index in [1.54, 1.807) is 0 Å². The summed E-state index contributed by atoms with van der Waals surface area (Å²) in [6.07, 6.45) is 3.72. The predicted molar refractivity (Wildman–Crippen MR) is 86.6 cm³/mol. The van der Waals surface area contributed by atoms with E-state index in [0.717, 1.165) is 11.3 Å². The zero-order valence-corrected chi connectivity index (χ0v) is 12.9. The number of ether oxygens (including phenoxy) is 1. The molecule has 0 unspecified atom stereocenters. The Bertz CT molecular complexity index is 646.